The first-order chi connectivity index (χ1) is 6.49. The van der Waals surface area contributed by atoms with E-state index >= 15 is 0 Å². The maximum atomic E-state index is 3.86. The maximum Gasteiger partial charge on any atom is 0.0237 e. The minimum Gasteiger partial charge on any atom is -0.307 e. The Balaban J connectivity index is 1.90. The average molecular weight is 196 g/mol. The fraction of sp³-hybridized carbons (Fsp3) is 1.00. The molecule has 2 rings (SSSR count). The summed E-state index contributed by atoms with van der Waals surface area (Å²) in [5, 5.41) is 3.86. The first-order valence-electron chi connectivity index (χ1n) is 5.95. The van der Waals surface area contributed by atoms with Crippen molar-refractivity contribution in [1.29, 1.82) is 0 Å². The smallest absolute Gasteiger partial charge is 0.0237 e. The number of likely N-dealkylation sites (N-methyl/N-ethyl adjacent to an activating group) is 1. The molecule has 0 radical (unpaired) electrons. The topological polar surface area (TPSA) is 15.3 Å². The Labute approximate surface area is 88.1 Å². The average Bonchev–Trinajstić information content (AvgIpc) is 2.80. The summed E-state index contributed by atoms with van der Waals surface area (Å²) in [6, 6.07) is 0.704. The van der Waals surface area contributed by atoms with Crippen molar-refractivity contribution in [3.05, 3.63) is 0 Å². The Kier molecular flexibility index (Phi) is 2.61. The molecule has 1 aliphatic carbocycles. The molecule has 0 aromatic rings. The highest BCUT2D eigenvalue weighted by Gasteiger charge is 2.40. The summed E-state index contributed by atoms with van der Waals surface area (Å²) < 4.78 is 0. The van der Waals surface area contributed by atoms with Gasteiger partial charge >= 0.3 is 0 Å². The number of hydrogen-bond acceptors (Lipinski definition) is 2. The van der Waals surface area contributed by atoms with E-state index in [-0.39, 0.29) is 0 Å². The third-order valence-electron chi connectivity index (χ3n) is 3.95. The van der Waals surface area contributed by atoms with E-state index in [9.17, 15) is 0 Å². The predicted octanol–water partition coefficient (Wildman–Crippen LogP) is 1.71. The van der Waals surface area contributed by atoms with Crippen LogP contribution < -0.4 is 5.32 Å². The Bertz CT molecular complexity index is 208. The van der Waals surface area contributed by atoms with E-state index in [4.69, 9.17) is 0 Å². The third kappa shape index (κ3) is 2.12. The van der Waals surface area contributed by atoms with Crippen LogP contribution in [-0.2, 0) is 0 Å². The summed E-state index contributed by atoms with van der Waals surface area (Å²) >= 11 is 0. The highest BCUT2D eigenvalue weighted by atomic mass is 15.2. The van der Waals surface area contributed by atoms with Crippen molar-refractivity contribution < 1.29 is 0 Å². The summed E-state index contributed by atoms with van der Waals surface area (Å²) in [7, 11) is 2.22. The van der Waals surface area contributed by atoms with Gasteiger partial charge in [0, 0.05) is 24.7 Å². The molecule has 2 aliphatic rings. The highest BCUT2D eigenvalue weighted by molar-refractivity contribution is 4.98. The Morgan fingerprint density at radius 1 is 1.21 bits per heavy atom. The standard InChI is InChI=1S/C12H24N2/c1-9-7-14(4)8-11(9)13-12(2,3)10-5-6-10/h9-11,13H,5-8H2,1-4H3. The lowest BCUT2D eigenvalue weighted by molar-refractivity contribution is 0.275. The SMILES string of the molecule is CC1CN(C)CC1NC(C)(C)C1CC1. The molecule has 2 unspecified atom stereocenters. The summed E-state index contributed by atoms with van der Waals surface area (Å²) in [5.74, 6) is 1.73. The zero-order valence-electron chi connectivity index (χ0n) is 10.0. The van der Waals surface area contributed by atoms with Gasteiger partial charge in [-0.05, 0) is 45.6 Å². The Hall–Kier alpha value is -0.0800. The van der Waals surface area contributed by atoms with Crippen LogP contribution in [0.5, 0.6) is 0 Å². The van der Waals surface area contributed by atoms with Crippen LogP contribution in [0.3, 0.4) is 0 Å². The second kappa shape index (κ2) is 3.49. The van der Waals surface area contributed by atoms with Crippen LogP contribution >= 0.6 is 0 Å². The van der Waals surface area contributed by atoms with E-state index in [1.54, 1.807) is 0 Å². The predicted molar refractivity (Wildman–Crippen MR) is 60.4 cm³/mol. The fourth-order valence-corrected chi connectivity index (χ4v) is 2.80. The quantitative estimate of drug-likeness (QED) is 0.739. The molecule has 1 N–H and O–H groups in total. The van der Waals surface area contributed by atoms with Crippen LogP contribution in [0.1, 0.15) is 33.6 Å². The molecular formula is C12H24N2. The van der Waals surface area contributed by atoms with Gasteiger partial charge in [-0.2, -0.15) is 0 Å². The van der Waals surface area contributed by atoms with Crippen molar-refractivity contribution in [1.82, 2.24) is 10.2 Å². The fourth-order valence-electron chi connectivity index (χ4n) is 2.80. The van der Waals surface area contributed by atoms with Gasteiger partial charge < -0.3 is 10.2 Å². The summed E-state index contributed by atoms with van der Waals surface area (Å²) in [6.07, 6.45) is 2.86. The third-order valence-corrected chi connectivity index (χ3v) is 3.95. The van der Waals surface area contributed by atoms with E-state index in [2.05, 4.69) is 38.0 Å². The molecule has 2 atom stereocenters. The summed E-state index contributed by atoms with van der Waals surface area (Å²) in [4.78, 5) is 2.44. The Morgan fingerprint density at radius 3 is 2.29 bits per heavy atom. The first kappa shape index (κ1) is 10.4. The van der Waals surface area contributed by atoms with Gasteiger partial charge in [-0.1, -0.05) is 6.92 Å². The maximum absolute atomic E-state index is 3.86. The van der Waals surface area contributed by atoms with Crippen LogP contribution in [0.4, 0.5) is 0 Å². The highest BCUT2D eigenvalue weighted by Crippen LogP contribution is 2.40. The summed E-state index contributed by atoms with van der Waals surface area (Å²) in [6.45, 7) is 9.57. The van der Waals surface area contributed by atoms with E-state index in [1.165, 1.54) is 25.9 Å². The molecule has 0 aromatic heterocycles. The van der Waals surface area contributed by atoms with Gasteiger partial charge in [-0.25, -0.2) is 0 Å². The van der Waals surface area contributed by atoms with Gasteiger partial charge in [0.05, 0.1) is 0 Å². The molecule has 0 spiro atoms. The van der Waals surface area contributed by atoms with Gasteiger partial charge in [-0.15, -0.1) is 0 Å². The van der Waals surface area contributed by atoms with E-state index in [0.717, 1.165) is 11.8 Å². The van der Waals surface area contributed by atoms with Gasteiger partial charge in [0.25, 0.3) is 0 Å². The normalized spacial score (nSPS) is 35.1. The van der Waals surface area contributed by atoms with Crippen LogP contribution in [0, 0.1) is 11.8 Å². The Morgan fingerprint density at radius 2 is 1.86 bits per heavy atom. The minimum absolute atomic E-state index is 0.365. The monoisotopic (exact) mass is 196 g/mol. The molecule has 0 bridgehead atoms. The minimum atomic E-state index is 0.365. The lowest BCUT2D eigenvalue weighted by Crippen LogP contribution is -2.50. The molecule has 1 saturated carbocycles. The first-order valence-corrected chi connectivity index (χ1v) is 5.95. The van der Waals surface area contributed by atoms with E-state index in [1.807, 2.05) is 0 Å². The zero-order valence-corrected chi connectivity index (χ0v) is 10.0. The lowest BCUT2D eigenvalue weighted by atomic mass is 9.95. The molecule has 14 heavy (non-hydrogen) atoms. The molecule has 82 valence electrons. The number of nitrogens with zero attached hydrogens (tertiary/aromatic N) is 1. The van der Waals surface area contributed by atoms with E-state index in [0.29, 0.717) is 11.6 Å². The number of nitrogens with one attached hydrogen (secondary N) is 1. The molecule has 2 heteroatoms. The summed E-state index contributed by atoms with van der Waals surface area (Å²) in [5.41, 5.74) is 0.365. The van der Waals surface area contributed by atoms with Crippen LogP contribution in [-0.4, -0.2) is 36.6 Å². The molecule has 1 heterocycles. The van der Waals surface area contributed by atoms with Crippen LogP contribution in [0.15, 0.2) is 0 Å². The molecular weight excluding hydrogens is 172 g/mol. The van der Waals surface area contributed by atoms with Crippen LogP contribution in [0.2, 0.25) is 0 Å². The largest absolute Gasteiger partial charge is 0.307 e. The number of rotatable bonds is 3. The molecule has 2 nitrogen and oxygen atoms in total. The van der Waals surface area contributed by atoms with E-state index < -0.39 is 0 Å². The van der Waals surface area contributed by atoms with Gasteiger partial charge in [0.15, 0.2) is 0 Å². The molecule has 1 aliphatic heterocycles. The molecule has 2 fully saturated rings. The zero-order chi connectivity index (χ0) is 10.3. The van der Waals surface area contributed by atoms with Crippen molar-refractivity contribution in [2.45, 2.75) is 45.2 Å². The van der Waals surface area contributed by atoms with Gasteiger partial charge in [-0.3, -0.25) is 0 Å². The van der Waals surface area contributed by atoms with Crippen molar-refractivity contribution in [2.75, 3.05) is 20.1 Å². The van der Waals surface area contributed by atoms with Gasteiger partial charge in [0.1, 0.15) is 0 Å². The molecule has 0 amide bonds. The van der Waals surface area contributed by atoms with Crippen molar-refractivity contribution >= 4 is 0 Å². The van der Waals surface area contributed by atoms with Crippen molar-refractivity contribution in [2.24, 2.45) is 11.8 Å². The van der Waals surface area contributed by atoms with Crippen molar-refractivity contribution in [3.63, 3.8) is 0 Å². The second-order valence-electron chi connectivity index (χ2n) is 5.95. The number of likely N-dealkylation sites (tertiary alicyclic amines) is 1. The molecule has 1 saturated heterocycles. The molecule has 0 aromatic carbocycles. The van der Waals surface area contributed by atoms with Crippen molar-refractivity contribution in [3.8, 4) is 0 Å². The van der Waals surface area contributed by atoms with Crippen LogP contribution in [0.25, 0.3) is 0 Å². The lowest BCUT2D eigenvalue weighted by Gasteiger charge is -2.32. The second-order valence-corrected chi connectivity index (χ2v) is 5.95. The number of hydrogen-bond donors (Lipinski definition) is 1. The van der Waals surface area contributed by atoms with Gasteiger partial charge in [0.2, 0.25) is 0 Å².